The van der Waals surface area contributed by atoms with Crippen molar-refractivity contribution in [3.05, 3.63) is 58.6 Å². The summed E-state index contributed by atoms with van der Waals surface area (Å²) >= 11 is 0. The quantitative estimate of drug-likeness (QED) is 0.643. The van der Waals surface area contributed by atoms with Gasteiger partial charge in [0.2, 0.25) is 0 Å². The largest absolute Gasteiger partial charge is 0.619 e. The van der Waals surface area contributed by atoms with Crippen LogP contribution in [0, 0.1) is 5.21 Å². The van der Waals surface area contributed by atoms with E-state index in [0.29, 0.717) is 5.92 Å². The molecule has 126 valence electrons. The first-order valence-corrected chi connectivity index (χ1v) is 9.03. The van der Waals surface area contributed by atoms with Gasteiger partial charge in [0.25, 0.3) is 0 Å². The molecule has 0 radical (unpaired) electrons. The normalized spacial score (nSPS) is 19.2. The van der Waals surface area contributed by atoms with Gasteiger partial charge in [-0.05, 0) is 18.4 Å². The second-order valence-electron chi connectivity index (χ2n) is 7.06. The monoisotopic (exact) mass is 324 g/mol. The van der Waals surface area contributed by atoms with Crippen LogP contribution in [0.4, 0.5) is 0 Å². The summed E-state index contributed by atoms with van der Waals surface area (Å²) in [5.41, 5.74) is 3.67. The number of pyridine rings is 1. The van der Waals surface area contributed by atoms with Crippen LogP contribution in [0.3, 0.4) is 0 Å². The number of fused-ring (bicyclic) bond motifs is 1. The van der Waals surface area contributed by atoms with Gasteiger partial charge in [-0.3, -0.25) is 4.90 Å². The number of nitrogens with zero attached hydrogens (tertiary/aromatic N) is 4. The van der Waals surface area contributed by atoms with E-state index >= 15 is 0 Å². The summed E-state index contributed by atoms with van der Waals surface area (Å²) < 4.78 is 0.829. The predicted molar refractivity (Wildman–Crippen MR) is 91.1 cm³/mol. The molecule has 0 atom stereocenters. The Labute approximate surface area is 143 Å². The van der Waals surface area contributed by atoms with E-state index < -0.39 is 0 Å². The van der Waals surface area contributed by atoms with E-state index in [0.717, 1.165) is 36.6 Å². The smallest absolute Gasteiger partial charge is 0.180 e. The molecular formula is C19H24N4O. The minimum Gasteiger partial charge on any atom is -0.619 e. The van der Waals surface area contributed by atoms with E-state index in [-0.39, 0.29) is 0 Å². The van der Waals surface area contributed by atoms with Gasteiger partial charge in [0.1, 0.15) is 5.82 Å². The third-order valence-electron chi connectivity index (χ3n) is 5.28. The van der Waals surface area contributed by atoms with Gasteiger partial charge in [0.15, 0.2) is 12.4 Å². The van der Waals surface area contributed by atoms with Crippen molar-refractivity contribution < 1.29 is 4.73 Å². The Bertz CT molecular complexity index is 695. The molecule has 0 saturated heterocycles. The van der Waals surface area contributed by atoms with Crippen molar-refractivity contribution in [2.45, 2.75) is 57.5 Å². The summed E-state index contributed by atoms with van der Waals surface area (Å²) in [6, 6.07) is 3.79. The Kier molecular flexibility index (Phi) is 4.43. The fourth-order valence-electron chi connectivity index (χ4n) is 3.89. The lowest BCUT2D eigenvalue weighted by Gasteiger charge is -2.29. The van der Waals surface area contributed by atoms with Gasteiger partial charge in [-0.25, -0.2) is 9.97 Å². The van der Waals surface area contributed by atoms with Crippen molar-refractivity contribution in [2.24, 2.45) is 0 Å². The third kappa shape index (κ3) is 3.41. The van der Waals surface area contributed by atoms with Gasteiger partial charge in [0.05, 0.1) is 0 Å². The lowest BCUT2D eigenvalue weighted by atomic mass is 9.88. The molecule has 3 heterocycles. The van der Waals surface area contributed by atoms with E-state index in [9.17, 15) is 5.21 Å². The fraction of sp³-hybridized carbons (Fsp3) is 0.526. The predicted octanol–water partition coefficient (Wildman–Crippen LogP) is 2.72. The van der Waals surface area contributed by atoms with Crippen LogP contribution in [0.25, 0.3) is 0 Å². The van der Waals surface area contributed by atoms with Crippen LogP contribution in [-0.2, 0) is 19.5 Å². The standard InChI is InChI=1S/C19H24N4O/c24-23-10-6-15(7-11-23)13-22-9-8-18-17(14-22)12-20-19(21-18)16-4-2-1-3-5-16/h6-7,10-12,16H,1-5,8-9,13-14H2. The molecule has 1 aliphatic heterocycles. The SMILES string of the molecule is [O-][n+]1ccc(CN2CCc3nc(C4CCCCC4)ncc3C2)cc1. The molecule has 2 aromatic rings. The molecule has 2 aliphatic rings. The highest BCUT2D eigenvalue weighted by atomic mass is 16.5. The van der Waals surface area contributed by atoms with E-state index in [1.54, 1.807) is 12.4 Å². The Hall–Kier alpha value is -2.01. The number of rotatable bonds is 3. The van der Waals surface area contributed by atoms with Crippen molar-refractivity contribution >= 4 is 0 Å². The zero-order chi connectivity index (χ0) is 16.4. The topological polar surface area (TPSA) is 56.0 Å². The summed E-state index contributed by atoms with van der Waals surface area (Å²) in [5, 5.41) is 11.1. The Morgan fingerprint density at radius 2 is 1.96 bits per heavy atom. The average Bonchev–Trinajstić information content (AvgIpc) is 2.64. The van der Waals surface area contributed by atoms with Crippen molar-refractivity contribution in [3.8, 4) is 0 Å². The van der Waals surface area contributed by atoms with Crippen molar-refractivity contribution in [1.29, 1.82) is 0 Å². The van der Waals surface area contributed by atoms with E-state index in [4.69, 9.17) is 4.98 Å². The second kappa shape index (κ2) is 6.85. The lowest BCUT2D eigenvalue weighted by molar-refractivity contribution is -0.605. The van der Waals surface area contributed by atoms with E-state index in [2.05, 4.69) is 16.1 Å². The maximum absolute atomic E-state index is 11.1. The maximum Gasteiger partial charge on any atom is 0.180 e. The molecule has 5 heteroatoms. The summed E-state index contributed by atoms with van der Waals surface area (Å²) in [6.45, 7) is 2.78. The summed E-state index contributed by atoms with van der Waals surface area (Å²) in [6.07, 6.45) is 12.7. The number of hydrogen-bond donors (Lipinski definition) is 0. The van der Waals surface area contributed by atoms with Crippen LogP contribution < -0.4 is 4.73 Å². The summed E-state index contributed by atoms with van der Waals surface area (Å²) in [7, 11) is 0. The molecule has 1 fully saturated rings. The number of hydrogen-bond acceptors (Lipinski definition) is 4. The van der Waals surface area contributed by atoms with Crippen molar-refractivity contribution in [3.63, 3.8) is 0 Å². The van der Waals surface area contributed by atoms with Crippen molar-refractivity contribution in [2.75, 3.05) is 6.54 Å². The van der Waals surface area contributed by atoms with E-state index in [1.165, 1.54) is 48.9 Å². The Balaban J connectivity index is 1.44. The third-order valence-corrected chi connectivity index (χ3v) is 5.28. The van der Waals surface area contributed by atoms with Gasteiger partial charge in [0, 0.05) is 61.6 Å². The van der Waals surface area contributed by atoms with Gasteiger partial charge in [-0.2, -0.15) is 4.73 Å². The van der Waals surface area contributed by atoms with Crippen LogP contribution >= 0.6 is 0 Å². The van der Waals surface area contributed by atoms with Crippen LogP contribution in [0.1, 0.15) is 60.7 Å². The van der Waals surface area contributed by atoms with Crippen molar-refractivity contribution in [1.82, 2.24) is 14.9 Å². The Morgan fingerprint density at radius 3 is 2.75 bits per heavy atom. The highest BCUT2D eigenvalue weighted by Crippen LogP contribution is 2.31. The molecule has 0 unspecified atom stereocenters. The Morgan fingerprint density at radius 1 is 1.17 bits per heavy atom. The number of aromatic nitrogens is 3. The molecule has 0 bridgehead atoms. The minimum absolute atomic E-state index is 0.574. The highest BCUT2D eigenvalue weighted by molar-refractivity contribution is 5.22. The second-order valence-corrected chi connectivity index (χ2v) is 7.06. The lowest BCUT2D eigenvalue weighted by Crippen LogP contribution is -2.32. The zero-order valence-electron chi connectivity index (χ0n) is 14.0. The van der Waals surface area contributed by atoms with Crippen LogP contribution in [-0.4, -0.2) is 21.4 Å². The zero-order valence-corrected chi connectivity index (χ0v) is 14.0. The summed E-state index contributed by atoms with van der Waals surface area (Å²) in [4.78, 5) is 12.0. The summed E-state index contributed by atoms with van der Waals surface area (Å²) in [5.74, 6) is 1.65. The molecule has 0 aromatic carbocycles. The van der Waals surface area contributed by atoms with Gasteiger partial charge >= 0.3 is 0 Å². The van der Waals surface area contributed by atoms with Crippen LogP contribution in [0.2, 0.25) is 0 Å². The minimum atomic E-state index is 0.574. The molecule has 1 saturated carbocycles. The highest BCUT2D eigenvalue weighted by Gasteiger charge is 2.22. The maximum atomic E-state index is 11.1. The first kappa shape index (κ1) is 15.5. The molecule has 24 heavy (non-hydrogen) atoms. The van der Waals surface area contributed by atoms with Gasteiger partial charge in [-0.15, -0.1) is 0 Å². The van der Waals surface area contributed by atoms with Gasteiger partial charge < -0.3 is 5.21 Å². The first-order chi connectivity index (χ1) is 11.8. The molecule has 1 aliphatic carbocycles. The first-order valence-electron chi connectivity index (χ1n) is 9.03. The molecular weight excluding hydrogens is 300 g/mol. The molecule has 4 rings (SSSR count). The fourth-order valence-corrected chi connectivity index (χ4v) is 3.89. The molecule has 0 N–H and O–H groups in total. The van der Waals surface area contributed by atoms with E-state index in [1.807, 2.05) is 12.1 Å². The molecule has 2 aromatic heterocycles. The average molecular weight is 324 g/mol. The molecule has 0 amide bonds. The molecule has 0 spiro atoms. The van der Waals surface area contributed by atoms with Crippen LogP contribution in [0.15, 0.2) is 30.7 Å². The van der Waals surface area contributed by atoms with Crippen LogP contribution in [0.5, 0.6) is 0 Å². The molecule has 5 nitrogen and oxygen atoms in total. The van der Waals surface area contributed by atoms with Gasteiger partial charge in [-0.1, -0.05) is 19.3 Å².